The van der Waals surface area contributed by atoms with E-state index in [9.17, 15) is 9.90 Å². The molecule has 2 heterocycles. The zero-order chi connectivity index (χ0) is 17.8. The lowest BCUT2D eigenvalue weighted by atomic mass is 10.0. The summed E-state index contributed by atoms with van der Waals surface area (Å²) >= 11 is 0. The highest BCUT2D eigenvalue weighted by atomic mass is 16.5. The zero-order valence-corrected chi connectivity index (χ0v) is 14.4. The average Bonchev–Trinajstić information content (AvgIpc) is 3.04. The number of aliphatic hydroxyl groups is 1. The van der Waals surface area contributed by atoms with Gasteiger partial charge in [0, 0.05) is 12.6 Å². The van der Waals surface area contributed by atoms with E-state index < -0.39 is 6.10 Å². The van der Waals surface area contributed by atoms with Crippen molar-refractivity contribution in [3.05, 3.63) is 53.7 Å². The van der Waals surface area contributed by atoms with Crippen LogP contribution in [0.25, 0.3) is 0 Å². The summed E-state index contributed by atoms with van der Waals surface area (Å²) in [6, 6.07) is 12.8. The lowest BCUT2D eigenvalue weighted by molar-refractivity contribution is -0.131. The number of hydrogen-bond acceptors (Lipinski definition) is 5. The van der Waals surface area contributed by atoms with Gasteiger partial charge < -0.3 is 19.5 Å². The number of amides is 1. The molecule has 3 rings (SSSR count). The molecule has 1 aromatic heterocycles. The summed E-state index contributed by atoms with van der Waals surface area (Å²) < 4.78 is 10.4. The minimum Gasteiger partial charge on any atom is -0.497 e. The number of methoxy groups -OCH3 is 2. The third kappa shape index (κ3) is 3.91. The number of ether oxygens (including phenoxy) is 2. The highest BCUT2D eigenvalue weighted by Crippen LogP contribution is 2.34. The van der Waals surface area contributed by atoms with Crippen molar-refractivity contribution >= 4 is 5.91 Å². The maximum absolute atomic E-state index is 12.8. The molecule has 1 aliphatic rings. The molecular formula is C19H22N2O4. The molecule has 1 N–H and O–H groups in total. The standard InChI is InChI=1S/C19H22N2O4/c1-24-16-7-3-5-13(9-16)17-11-15(22)12-21(17)19(23)10-14-6-4-8-18(20-14)25-2/h3-9,15,17,22H,10-12H2,1-2H3/t15-,17+/m1/s1. The number of β-amino-alcohol motifs (C(OH)–C–C–N with tert-alkyl or cyclic N) is 1. The number of benzene rings is 1. The fraction of sp³-hybridized carbons (Fsp3) is 0.368. The van der Waals surface area contributed by atoms with Gasteiger partial charge in [-0.25, -0.2) is 4.98 Å². The van der Waals surface area contributed by atoms with E-state index >= 15 is 0 Å². The van der Waals surface area contributed by atoms with Gasteiger partial charge in [-0.3, -0.25) is 4.79 Å². The van der Waals surface area contributed by atoms with Gasteiger partial charge in [0.1, 0.15) is 5.75 Å². The van der Waals surface area contributed by atoms with Crippen molar-refractivity contribution in [1.29, 1.82) is 0 Å². The van der Waals surface area contributed by atoms with Crippen LogP contribution >= 0.6 is 0 Å². The van der Waals surface area contributed by atoms with Crippen LogP contribution in [-0.4, -0.2) is 47.8 Å². The van der Waals surface area contributed by atoms with Crippen molar-refractivity contribution in [3.63, 3.8) is 0 Å². The van der Waals surface area contributed by atoms with Gasteiger partial charge in [0.15, 0.2) is 0 Å². The van der Waals surface area contributed by atoms with Crippen LogP contribution in [0.5, 0.6) is 11.6 Å². The molecule has 2 atom stereocenters. The molecule has 1 fully saturated rings. The van der Waals surface area contributed by atoms with Gasteiger partial charge in [0.05, 0.1) is 38.5 Å². The third-order valence-corrected chi connectivity index (χ3v) is 4.40. The number of carbonyl (C=O) groups is 1. The van der Waals surface area contributed by atoms with Crippen molar-refractivity contribution in [2.45, 2.75) is 25.0 Å². The number of aromatic nitrogens is 1. The van der Waals surface area contributed by atoms with E-state index in [0.29, 0.717) is 24.5 Å². The predicted molar refractivity (Wildman–Crippen MR) is 92.6 cm³/mol. The van der Waals surface area contributed by atoms with Gasteiger partial charge in [-0.15, -0.1) is 0 Å². The second kappa shape index (κ2) is 7.53. The fourth-order valence-electron chi connectivity index (χ4n) is 3.18. The summed E-state index contributed by atoms with van der Waals surface area (Å²) in [5.74, 6) is 1.15. The van der Waals surface area contributed by atoms with E-state index in [0.717, 1.165) is 11.3 Å². The highest BCUT2D eigenvalue weighted by molar-refractivity contribution is 5.79. The highest BCUT2D eigenvalue weighted by Gasteiger charge is 2.35. The molecule has 0 aliphatic carbocycles. The topological polar surface area (TPSA) is 71.9 Å². The van der Waals surface area contributed by atoms with Crippen LogP contribution in [0.1, 0.15) is 23.7 Å². The Hall–Kier alpha value is -2.60. The molecular weight excluding hydrogens is 320 g/mol. The first-order valence-electron chi connectivity index (χ1n) is 8.22. The van der Waals surface area contributed by atoms with E-state index in [1.165, 1.54) is 0 Å². The van der Waals surface area contributed by atoms with Gasteiger partial charge in [-0.1, -0.05) is 18.2 Å². The van der Waals surface area contributed by atoms with Crippen molar-refractivity contribution < 1.29 is 19.4 Å². The smallest absolute Gasteiger partial charge is 0.229 e. The molecule has 0 saturated carbocycles. The van der Waals surface area contributed by atoms with Crippen LogP contribution in [0.2, 0.25) is 0 Å². The number of rotatable bonds is 5. The van der Waals surface area contributed by atoms with Gasteiger partial charge in [-0.2, -0.15) is 0 Å². The number of aliphatic hydroxyl groups excluding tert-OH is 1. The Morgan fingerprint density at radius 1 is 1.24 bits per heavy atom. The number of hydrogen-bond donors (Lipinski definition) is 1. The minimum atomic E-state index is -0.529. The molecule has 0 bridgehead atoms. The largest absolute Gasteiger partial charge is 0.497 e. The number of carbonyl (C=O) groups excluding carboxylic acids is 1. The normalized spacial score (nSPS) is 19.7. The number of likely N-dealkylation sites (tertiary alicyclic amines) is 1. The van der Waals surface area contributed by atoms with Gasteiger partial charge in [0.2, 0.25) is 11.8 Å². The van der Waals surface area contributed by atoms with Crippen molar-refractivity contribution in [3.8, 4) is 11.6 Å². The molecule has 0 spiro atoms. The van der Waals surface area contributed by atoms with Crippen LogP contribution in [0, 0.1) is 0 Å². The summed E-state index contributed by atoms with van der Waals surface area (Å²) in [4.78, 5) is 18.8. The van der Waals surface area contributed by atoms with Crippen LogP contribution in [0.15, 0.2) is 42.5 Å². The Morgan fingerprint density at radius 3 is 2.80 bits per heavy atom. The second-order valence-electron chi connectivity index (χ2n) is 6.08. The van der Waals surface area contributed by atoms with Crippen LogP contribution in [-0.2, 0) is 11.2 Å². The molecule has 0 radical (unpaired) electrons. The summed E-state index contributed by atoms with van der Waals surface area (Å²) in [6.45, 7) is 0.324. The van der Waals surface area contributed by atoms with Crippen molar-refractivity contribution in [2.24, 2.45) is 0 Å². The molecule has 2 aromatic rings. The lowest BCUT2D eigenvalue weighted by Crippen LogP contribution is -2.33. The third-order valence-electron chi connectivity index (χ3n) is 4.40. The van der Waals surface area contributed by atoms with E-state index in [-0.39, 0.29) is 18.4 Å². The van der Waals surface area contributed by atoms with E-state index in [1.807, 2.05) is 30.3 Å². The molecule has 0 unspecified atom stereocenters. The molecule has 1 aliphatic heterocycles. The molecule has 1 amide bonds. The molecule has 6 heteroatoms. The van der Waals surface area contributed by atoms with Crippen molar-refractivity contribution in [2.75, 3.05) is 20.8 Å². The first-order valence-corrected chi connectivity index (χ1v) is 8.22. The Bertz CT molecular complexity index is 750. The number of pyridine rings is 1. The first-order chi connectivity index (χ1) is 12.1. The first kappa shape index (κ1) is 17.2. The van der Waals surface area contributed by atoms with E-state index in [4.69, 9.17) is 9.47 Å². The summed E-state index contributed by atoms with van der Waals surface area (Å²) in [5.41, 5.74) is 1.61. The lowest BCUT2D eigenvalue weighted by Gasteiger charge is -2.25. The predicted octanol–water partition coefficient (Wildman–Crippen LogP) is 1.98. The summed E-state index contributed by atoms with van der Waals surface area (Å²) in [7, 11) is 3.16. The van der Waals surface area contributed by atoms with Gasteiger partial charge in [-0.05, 0) is 30.2 Å². The van der Waals surface area contributed by atoms with Crippen LogP contribution < -0.4 is 9.47 Å². The maximum atomic E-state index is 12.8. The quantitative estimate of drug-likeness (QED) is 0.899. The molecule has 6 nitrogen and oxygen atoms in total. The molecule has 132 valence electrons. The average molecular weight is 342 g/mol. The zero-order valence-electron chi connectivity index (χ0n) is 14.4. The monoisotopic (exact) mass is 342 g/mol. The molecule has 25 heavy (non-hydrogen) atoms. The van der Waals surface area contributed by atoms with E-state index in [1.54, 1.807) is 31.3 Å². The number of nitrogens with zero attached hydrogens (tertiary/aromatic N) is 2. The summed E-state index contributed by atoms with van der Waals surface area (Å²) in [6.07, 6.45) is 0.160. The second-order valence-corrected chi connectivity index (χ2v) is 6.08. The Morgan fingerprint density at radius 2 is 2.04 bits per heavy atom. The Kier molecular flexibility index (Phi) is 5.19. The summed E-state index contributed by atoms with van der Waals surface area (Å²) in [5, 5.41) is 10.1. The van der Waals surface area contributed by atoms with Gasteiger partial charge >= 0.3 is 0 Å². The minimum absolute atomic E-state index is 0.0647. The molecule has 1 saturated heterocycles. The Labute approximate surface area is 147 Å². The SMILES string of the molecule is COc1cccc([C@@H]2C[C@@H](O)CN2C(=O)Cc2cccc(OC)n2)c1. The van der Waals surface area contributed by atoms with E-state index in [2.05, 4.69) is 4.98 Å². The van der Waals surface area contributed by atoms with Crippen LogP contribution in [0.4, 0.5) is 0 Å². The van der Waals surface area contributed by atoms with Crippen molar-refractivity contribution in [1.82, 2.24) is 9.88 Å². The fourth-order valence-corrected chi connectivity index (χ4v) is 3.18. The van der Waals surface area contributed by atoms with Gasteiger partial charge in [0.25, 0.3) is 0 Å². The molecule has 1 aromatic carbocycles. The van der Waals surface area contributed by atoms with Crippen LogP contribution in [0.3, 0.4) is 0 Å². The Balaban J connectivity index is 1.79. The maximum Gasteiger partial charge on any atom is 0.229 e.